The lowest BCUT2D eigenvalue weighted by Crippen LogP contribution is -2.08. The molecule has 2 nitrogen and oxygen atoms in total. The third-order valence-corrected chi connectivity index (χ3v) is 3.88. The number of aromatic amines is 1. The van der Waals surface area contributed by atoms with E-state index in [0.717, 1.165) is 12.1 Å². The number of phenols is 1. The maximum atomic E-state index is 14.1. The quantitative estimate of drug-likeness (QED) is 0.525. The van der Waals surface area contributed by atoms with Crippen molar-refractivity contribution >= 4 is 34.8 Å². The van der Waals surface area contributed by atoms with Crippen molar-refractivity contribution in [2.45, 2.75) is 17.9 Å². The molecular formula is C13H8Cl3F4NO. The molecule has 22 heavy (non-hydrogen) atoms. The van der Waals surface area contributed by atoms with Gasteiger partial charge in [-0.3, -0.25) is 0 Å². The normalized spacial score (nSPS) is 12.0. The zero-order chi connectivity index (χ0) is 16.7. The Labute approximate surface area is 137 Å². The third kappa shape index (κ3) is 3.00. The molecule has 0 radical (unpaired) electrons. The van der Waals surface area contributed by atoms with Gasteiger partial charge in [0.25, 0.3) is 0 Å². The molecule has 2 N–H and O–H groups in total. The summed E-state index contributed by atoms with van der Waals surface area (Å²) >= 11 is 16.8. The number of halogens is 7. The first-order chi connectivity index (χ1) is 10.2. The van der Waals surface area contributed by atoms with Gasteiger partial charge in [-0.2, -0.15) is 13.2 Å². The van der Waals surface area contributed by atoms with Crippen molar-refractivity contribution in [2.24, 2.45) is 0 Å². The van der Waals surface area contributed by atoms with Crippen molar-refractivity contribution in [3.63, 3.8) is 0 Å². The van der Waals surface area contributed by atoms with Crippen LogP contribution < -0.4 is 0 Å². The number of benzene rings is 1. The van der Waals surface area contributed by atoms with Crippen LogP contribution in [0.4, 0.5) is 17.6 Å². The molecule has 0 aliphatic carbocycles. The van der Waals surface area contributed by atoms with Crippen LogP contribution >= 0.6 is 34.8 Å². The first kappa shape index (κ1) is 17.2. The van der Waals surface area contributed by atoms with Gasteiger partial charge in [-0.1, -0.05) is 11.6 Å². The zero-order valence-electron chi connectivity index (χ0n) is 10.7. The van der Waals surface area contributed by atoms with Crippen LogP contribution in [0.1, 0.15) is 17.0 Å². The number of aromatic nitrogens is 1. The molecule has 0 saturated carbocycles. The fraction of sp³-hybridized carbons (Fsp3) is 0.231. The summed E-state index contributed by atoms with van der Waals surface area (Å²) in [5.74, 6) is -2.19. The molecule has 0 aliphatic rings. The standard InChI is InChI=1S/C13H8Cl3F4NO/c14-3-6-11(5-1-10(22)7(16)2-8(5)17)9(4-15)21-12(6)13(18,19)20/h1-2,21-22H,3-4H2. The van der Waals surface area contributed by atoms with E-state index in [1.165, 1.54) is 0 Å². The van der Waals surface area contributed by atoms with E-state index in [1.54, 1.807) is 0 Å². The van der Waals surface area contributed by atoms with Gasteiger partial charge >= 0.3 is 6.18 Å². The van der Waals surface area contributed by atoms with Crippen molar-refractivity contribution in [3.8, 4) is 16.9 Å². The highest BCUT2D eigenvalue weighted by Gasteiger charge is 2.38. The molecule has 2 aromatic rings. The summed E-state index contributed by atoms with van der Waals surface area (Å²) < 4.78 is 53.2. The molecule has 2 rings (SSSR count). The van der Waals surface area contributed by atoms with Crippen LogP contribution in [0.3, 0.4) is 0 Å². The molecule has 1 heterocycles. The number of hydrogen-bond acceptors (Lipinski definition) is 1. The third-order valence-electron chi connectivity index (χ3n) is 3.04. The Bertz CT molecular complexity index is 712. The summed E-state index contributed by atoms with van der Waals surface area (Å²) in [7, 11) is 0. The summed E-state index contributed by atoms with van der Waals surface area (Å²) in [5, 5.41) is 9.33. The molecule has 0 aliphatic heterocycles. The van der Waals surface area contributed by atoms with Crippen LogP contribution in [-0.4, -0.2) is 10.1 Å². The van der Waals surface area contributed by atoms with Gasteiger partial charge < -0.3 is 10.1 Å². The van der Waals surface area contributed by atoms with Gasteiger partial charge in [0.1, 0.15) is 17.3 Å². The number of rotatable bonds is 3. The summed E-state index contributed by atoms with van der Waals surface area (Å²) in [6.07, 6.45) is -4.70. The lowest BCUT2D eigenvalue weighted by atomic mass is 10.00. The maximum absolute atomic E-state index is 14.1. The monoisotopic (exact) mass is 375 g/mol. The molecule has 0 amide bonds. The van der Waals surface area contributed by atoms with Crippen LogP contribution in [0.25, 0.3) is 11.1 Å². The van der Waals surface area contributed by atoms with Gasteiger partial charge in [-0.15, -0.1) is 23.2 Å². The topological polar surface area (TPSA) is 36.0 Å². The molecule has 0 spiro atoms. The van der Waals surface area contributed by atoms with E-state index in [-0.39, 0.29) is 33.3 Å². The molecule has 120 valence electrons. The molecular weight excluding hydrogens is 368 g/mol. The Kier molecular flexibility index (Phi) is 4.84. The highest BCUT2D eigenvalue weighted by molar-refractivity contribution is 6.32. The minimum Gasteiger partial charge on any atom is -0.506 e. The van der Waals surface area contributed by atoms with E-state index in [0.29, 0.717) is 0 Å². The fourth-order valence-electron chi connectivity index (χ4n) is 2.13. The van der Waals surface area contributed by atoms with Crippen LogP contribution in [-0.2, 0) is 17.9 Å². The van der Waals surface area contributed by atoms with E-state index >= 15 is 0 Å². The Morgan fingerprint density at radius 3 is 2.27 bits per heavy atom. The van der Waals surface area contributed by atoms with E-state index < -0.39 is 29.3 Å². The van der Waals surface area contributed by atoms with Crippen molar-refractivity contribution in [2.75, 3.05) is 0 Å². The molecule has 0 fully saturated rings. The first-order valence-electron chi connectivity index (χ1n) is 5.81. The summed E-state index contributed by atoms with van der Waals surface area (Å²) in [6.45, 7) is 0. The zero-order valence-corrected chi connectivity index (χ0v) is 12.9. The maximum Gasteiger partial charge on any atom is 0.431 e. The molecule has 0 unspecified atom stereocenters. The lowest BCUT2D eigenvalue weighted by molar-refractivity contribution is -0.141. The predicted molar refractivity (Wildman–Crippen MR) is 77.0 cm³/mol. The molecule has 0 atom stereocenters. The molecule has 0 bridgehead atoms. The summed E-state index contributed by atoms with van der Waals surface area (Å²) in [4.78, 5) is 2.13. The van der Waals surface area contributed by atoms with Crippen LogP contribution in [0, 0.1) is 5.82 Å². The molecule has 9 heteroatoms. The minimum atomic E-state index is -4.70. The lowest BCUT2D eigenvalue weighted by Gasteiger charge is -2.10. The Morgan fingerprint density at radius 1 is 1.14 bits per heavy atom. The predicted octanol–water partition coefficient (Wildman–Crippen LogP) is 5.68. The fourth-order valence-corrected chi connectivity index (χ4v) is 2.74. The Morgan fingerprint density at radius 2 is 1.77 bits per heavy atom. The number of hydrogen-bond donors (Lipinski definition) is 2. The van der Waals surface area contributed by atoms with Crippen LogP contribution in [0.2, 0.25) is 5.02 Å². The van der Waals surface area contributed by atoms with Crippen LogP contribution in [0.5, 0.6) is 5.75 Å². The van der Waals surface area contributed by atoms with Crippen molar-refractivity contribution in [1.29, 1.82) is 0 Å². The molecule has 0 saturated heterocycles. The number of phenolic OH excluding ortho intramolecular Hbond substituents is 1. The first-order valence-corrected chi connectivity index (χ1v) is 7.26. The largest absolute Gasteiger partial charge is 0.506 e. The highest BCUT2D eigenvalue weighted by atomic mass is 35.5. The van der Waals surface area contributed by atoms with Crippen molar-refractivity contribution < 1.29 is 22.7 Å². The van der Waals surface area contributed by atoms with Gasteiger partial charge in [0.05, 0.1) is 16.8 Å². The van der Waals surface area contributed by atoms with Crippen molar-refractivity contribution in [1.82, 2.24) is 4.98 Å². The average molecular weight is 377 g/mol. The summed E-state index contributed by atoms with van der Waals surface area (Å²) in [6, 6.07) is 1.75. The van der Waals surface area contributed by atoms with Gasteiger partial charge in [0.15, 0.2) is 0 Å². The van der Waals surface area contributed by atoms with Gasteiger partial charge in [0, 0.05) is 22.4 Å². The van der Waals surface area contributed by atoms with Crippen LogP contribution in [0.15, 0.2) is 12.1 Å². The minimum absolute atomic E-state index is 0.0507. The second kappa shape index (κ2) is 6.18. The second-order valence-corrected chi connectivity index (χ2v) is 5.32. The van der Waals surface area contributed by atoms with E-state index in [4.69, 9.17) is 34.8 Å². The molecule has 1 aromatic heterocycles. The van der Waals surface area contributed by atoms with Gasteiger partial charge in [-0.05, 0) is 12.1 Å². The van der Waals surface area contributed by atoms with Gasteiger partial charge in [-0.25, -0.2) is 4.39 Å². The highest BCUT2D eigenvalue weighted by Crippen LogP contribution is 2.42. The van der Waals surface area contributed by atoms with E-state index in [9.17, 15) is 22.7 Å². The SMILES string of the molecule is Oc1cc(-c2c(CCl)[nH]c(C(F)(F)F)c2CCl)c(F)cc1Cl. The van der Waals surface area contributed by atoms with Gasteiger partial charge in [0.2, 0.25) is 0 Å². The number of nitrogens with one attached hydrogen (secondary N) is 1. The average Bonchev–Trinajstić information content (AvgIpc) is 2.81. The van der Waals surface area contributed by atoms with E-state index in [2.05, 4.69) is 4.98 Å². The number of alkyl halides is 5. The second-order valence-electron chi connectivity index (χ2n) is 4.38. The van der Waals surface area contributed by atoms with E-state index in [1.807, 2.05) is 0 Å². The van der Waals surface area contributed by atoms with Crippen molar-refractivity contribution in [3.05, 3.63) is 39.9 Å². The number of aromatic hydroxyl groups is 1. The molecule has 1 aromatic carbocycles. The smallest absolute Gasteiger partial charge is 0.431 e. The summed E-state index contributed by atoms with van der Waals surface area (Å²) in [5.41, 5.74) is -1.88. The number of H-pyrrole nitrogens is 1. The Hall–Kier alpha value is -1.11. The Balaban J connectivity index is 2.80.